The highest BCUT2D eigenvalue weighted by Gasteiger charge is 2.19. The van der Waals surface area contributed by atoms with Crippen LogP contribution < -0.4 is 10.2 Å². The normalized spacial score (nSPS) is 15.3. The highest BCUT2D eigenvalue weighted by atomic mass is 16.5. The molecule has 0 atom stereocenters. The first-order valence-corrected chi connectivity index (χ1v) is 9.26. The molecule has 1 N–H and O–H groups in total. The zero-order valence-corrected chi connectivity index (χ0v) is 15.8. The molecule has 0 radical (unpaired) electrons. The molecule has 1 aliphatic rings. The number of aromatic nitrogens is 1. The first-order chi connectivity index (χ1) is 12.6. The smallest absolute Gasteiger partial charge is 0.271 e. The fraction of sp³-hybridized carbons (Fsp3) is 0.429. The molecular formula is C21H27N3O2. The van der Waals surface area contributed by atoms with Crippen LogP contribution in [-0.2, 0) is 0 Å². The average Bonchev–Trinajstić information content (AvgIpc) is 2.96. The van der Waals surface area contributed by atoms with E-state index in [4.69, 9.17) is 4.74 Å². The SMILES string of the molecule is COc1ccc(C(=O)N/N=C\c2cc(C)n(C3CCCCC3)c2C)cc1. The number of amides is 1. The van der Waals surface area contributed by atoms with Gasteiger partial charge >= 0.3 is 0 Å². The van der Waals surface area contributed by atoms with Crippen molar-refractivity contribution in [3.63, 3.8) is 0 Å². The zero-order valence-electron chi connectivity index (χ0n) is 15.8. The Balaban J connectivity index is 1.67. The van der Waals surface area contributed by atoms with Gasteiger partial charge in [0.15, 0.2) is 0 Å². The van der Waals surface area contributed by atoms with Crippen LogP contribution in [0.5, 0.6) is 5.75 Å². The van der Waals surface area contributed by atoms with Crippen LogP contribution in [-0.4, -0.2) is 23.8 Å². The van der Waals surface area contributed by atoms with Crippen LogP contribution >= 0.6 is 0 Å². The molecule has 0 saturated heterocycles. The predicted molar refractivity (Wildman–Crippen MR) is 104 cm³/mol. The molecule has 0 spiro atoms. The standard InChI is InChI=1S/C21H27N3O2/c1-15-13-18(16(2)24(15)19-7-5-4-6-8-19)14-22-23-21(25)17-9-11-20(26-3)12-10-17/h9-14,19H,4-8H2,1-3H3,(H,23,25)/b22-14-. The quantitative estimate of drug-likeness (QED) is 0.640. The molecule has 1 aliphatic carbocycles. The summed E-state index contributed by atoms with van der Waals surface area (Å²) in [6.07, 6.45) is 8.21. The molecular weight excluding hydrogens is 326 g/mol. The highest BCUT2D eigenvalue weighted by molar-refractivity contribution is 5.95. The second-order valence-corrected chi connectivity index (χ2v) is 6.92. The number of hydrazone groups is 1. The molecule has 0 bridgehead atoms. The lowest BCUT2D eigenvalue weighted by molar-refractivity contribution is 0.0955. The van der Waals surface area contributed by atoms with Gasteiger partial charge in [-0.1, -0.05) is 19.3 Å². The number of nitrogens with one attached hydrogen (secondary N) is 1. The van der Waals surface area contributed by atoms with Gasteiger partial charge in [-0.25, -0.2) is 5.43 Å². The Kier molecular flexibility index (Phi) is 5.76. The largest absolute Gasteiger partial charge is 0.497 e. The van der Waals surface area contributed by atoms with Crippen molar-refractivity contribution in [1.29, 1.82) is 0 Å². The number of aryl methyl sites for hydroxylation is 1. The van der Waals surface area contributed by atoms with Crippen LogP contribution in [0.4, 0.5) is 0 Å². The second-order valence-electron chi connectivity index (χ2n) is 6.92. The molecule has 2 aromatic rings. The maximum atomic E-state index is 12.2. The van der Waals surface area contributed by atoms with Gasteiger partial charge in [0.1, 0.15) is 5.75 Å². The van der Waals surface area contributed by atoms with E-state index in [-0.39, 0.29) is 5.91 Å². The van der Waals surface area contributed by atoms with Gasteiger partial charge in [-0.15, -0.1) is 0 Å². The van der Waals surface area contributed by atoms with Gasteiger partial charge in [-0.05, 0) is 57.0 Å². The van der Waals surface area contributed by atoms with Crippen molar-refractivity contribution in [2.24, 2.45) is 5.10 Å². The summed E-state index contributed by atoms with van der Waals surface area (Å²) >= 11 is 0. The second kappa shape index (κ2) is 8.21. The van der Waals surface area contributed by atoms with Gasteiger partial charge in [0, 0.05) is 28.6 Å². The Morgan fingerprint density at radius 2 is 1.88 bits per heavy atom. The summed E-state index contributed by atoms with van der Waals surface area (Å²) in [6.45, 7) is 4.28. The van der Waals surface area contributed by atoms with E-state index in [1.165, 1.54) is 43.5 Å². The number of carbonyl (C=O) groups excluding carboxylic acids is 1. The Hall–Kier alpha value is -2.56. The molecule has 1 aromatic heterocycles. The van der Waals surface area contributed by atoms with E-state index in [9.17, 15) is 4.79 Å². The summed E-state index contributed by atoms with van der Waals surface area (Å²) in [4.78, 5) is 12.2. The number of nitrogens with zero attached hydrogens (tertiary/aromatic N) is 2. The average molecular weight is 353 g/mol. The predicted octanol–water partition coefficient (Wildman–Crippen LogP) is 4.38. The van der Waals surface area contributed by atoms with Crippen molar-refractivity contribution in [3.05, 3.63) is 52.8 Å². The lowest BCUT2D eigenvalue weighted by Crippen LogP contribution is -2.17. The molecule has 1 saturated carbocycles. The summed E-state index contributed by atoms with van der Waals surface area (Å²) < 4.78 is 7.54. The molecule has 1 aromatic carbocycles. The van der Waals surface area contributed by atoms with Crippen LogP contribution in [0.3, 0.4) is 0 Å². The molecule has 5 nitrogen and oxygen atoms in total. The molecule has 1 fully saturated rings. The van der Waals surface area contributed by atoms with Crippen molar-refractivity contribution in [2.75, 3.05) is 7.11 Å². The monoisotopic (exact) mass is 353 g/mol. The van der Waals surface area contributed by atoms with E-state index < -0.39 is 0 Å². The molecule has 5 heteroatoms. The van der Waals surface area contributed by atoms with Crippen LogP contribution in [0.15, 0.2) is 35.4 Å². The van der Waals surface area contributed by atoms with Crippen LogP contribution in [0.25, 0.3) is 0 Å². The lowest BCUT2D eigenvalue weighted by atomic mass is 9.95. The van der Waals surface area contributed by atoms with E-state index in [0.29, 0.717) is 11.6 Å². The number of ether oxygens (including phenoxy) is 1. The van der Waals surface area contributed by atoms with E-state index in [1.54, 1.807) is 37.6 Å². The molecule has 0 aliphatic heterocycles. The third-order valence-corrected chi connectivity index (χ3v) is 5.19. The van der Waals surface area contributed by atoms with Crippen LogP contribution in [0.1, 0.15) is 65.5 Å². The maximum Gasteiger partial charge on any atom is 0.271 e. The van der Waals surface area contributed by atoms with Gasteiger partial charge in [0.05, 0.1) is 13.3 Å². The van der Waals surface area contributed by atoms with E-state index in [1.807, 2.05) is 0 Å². The fourth-order valence-electron chi connectivity index (χ4n) is 3.80. The number of benzene rings is 1. The van der Waals surface area contributed by atoms with Crippen molar-refractivity contribution < 1.29 is 9.53 Å². The minimum atomic E-state index is -0.231. The Morgan fingerprint density at radius 1 is 1.19 bits per heavy atom. The van der Waals surface area contributed by atoms with E-state index in [2.05, 4.69) is 35.0 Å². The topological polar surface area (TPSA) is 55.6 Å². The Bertz CT molecular complexity index is 784. The molecule has 1 heterocycles. The first kappa shape index (κ1) is 18.2. The van der Waals surface area contributed by atoms with Crippen LogP contribution in [0.2, 0.25) is 0 Å². The Morgan fingerprint density at radius 3 is 2.54 bits per heavy atom. The molecule has 3 rings (SSSR count). The van der Waals surface area contributed by atoms with Crippen LogP contribution in [0, 0.1) is 13.8 Å². The van der Waals surface area contributed by atoms with Crippen molar-refractivity contribution in [1.82, 2.24) is 9.99 Å². The van der Waals surface area contributed by atoms with E-state index >= 15 is 0 Å². The lowest BCUT2D eigenvalue weighted by Gasteiger charge is -2.26. The summed E-state index contributed by atoms with van der Waals surface area (Å²) in [7, 11) is 1.60. The van der Waals surface area contributed by atoms with Gasteiger partial charge in [0.25, 0.3) is 5.91 Å². The number of methoxy groups -OCH3 is 1. The van der Waals surface area contributed by atoms with Crippen molar-refractivity contribution in [3.8, 4) is 5.75 Å². The number of carbonyl (C=O) groups is 1. The van der Waals surface area contributed by atoms with Crippen molar-refractivity contribution in [2.45, 2.75) is 52.0 Å². The van der Waals surface area contributed by atoms with Gasteiger partial charge < -0.3 is 9.30 Å². The number of rotatable bonds is 5. The molecule has 0 unspecified atom stereocenters. The minimum absolute atomic E-state index is 0.231. The molecule has 1 amide bonds. The van der Waals surface area contributed by atoms with Gasteiger partial charge in [-0.3, -0.25) is 4.79 Å². The van der Waals surface area contributed by atoms with Crippen molar-refractivity contribution >= 4 is 12.1 Å². The molecule has 26 heavy (non-hydrogen) atoms. The number of hydrogen-bond acceptors (Lipinski definition) is 3. The van der Waals surface area contributed by atoms with E-state index in [0.717, 1.165) is 11.3 Å². The van der Waals surface area contributed by atoms with Gasteiger partial charge in [0.2, 0.25) is 0 Å². The Labute approximate surface area is 155 Å². The summed E-state index contributed by atoms with van der Waals surface area (Å²) in [5.41, 5.74) is 6.69. The summed E-state index contributed by atoms with van der Waals surface area (Å²) in [5, 5.41) is 4.15. The number of hydrogen-bond donors (Lipinski definition) is 1. The van der Waals surface area contributed by atoms with Gasteiger partial charge in [-0.2, -0.15) is 5.10 Å². The third-order valence-electron chi connectivity index (χ3n) is 5.19. The first-order valence-electron chi connectivity index (χ1n) is 9.26. The zero-order chi connectivity index (χ0) is 18.5. The minimum Gasteiger partial charge on any atom is -0.497 e. The third kappa shape index (κ3) is 3.98. The highest BCUT2D eigenvalue weighted by Crippen LogP contribution is 2.31. The summed E-state index contributed by atoms with van der Waals surface area (Å²) in [5.74, 6) is 0.491. The fourth-order valence-corrected chi connectivity index (χ4v) is 3.80. The summed E-state index contributed by atoms with van der Waals surface area (Å²) in [6, 6.07) is 9.71. The maximum absolute atomic E-state index is 12.2. The molecule has 138 valence electrons.